The first-order valence-electron chi connectivity index (χ1n) is 7.26. The molecule has 1 rings (SSSR count). The van der Waals surface area contributed by atoms with Gasteiger partial charge in [-0.1, -0.05) is 67.2 Å². The summed E-state index contributed by atoms with van der Waals surface area (Å²) < 4.78 is 0. The molecule has 0 aromatic carbocycles. The lowest BCUT2D eigenvalue weighted by molar-refractivity contribution is 0.0621. The minimum Gasteiger partial charge on any atom is -0.0649 e. The zero-order chi connectivity index (χ0) is 12.4. The molecular formula is C16H32. The minimum atomic E-state index is 0.504. The molecule has 0 spiro atoms. The molecule has 1 aliphatic rings. The van der Waals surface area contributed by atoms with Gasteiger partial charge in [0.25, 0.3) is 0 Å². The number of rotatable bonds is 3. The van der Waals surface area contributed by atoms with Gasteiger partial charge in [-0.3, -0.25) is 0 Å². The van der Waals surface area contributed by atoms with E-state index in [2.05, 4.69) is 41.5 Å². The summed E-state index contributed by atoms with van der Waals surface area (Å²) in [5.41, 5.74) is 1.06. The van der Waals surface area contributed by atoms with E-state index in [1.807, 2.05) is 0 Å². The summed E-state index contributed by atoms with van der Waals surface area (Å²) in [5, 5.41) is 0. The van der Waals surface area contributed by atoms with Crippen molar-refractivity contribution < 1.29 is 0 Å². The molecule has 1 saturated carbocycles. The van der Waals surface area contributed by atoms with Gasteiger partial charge in [0.05, 0.1) is 0 Å². The van der Waals surface area contributed by atoms with E-state index in [0.29, 0.717) is 10.8 Å². The minimum absolute atomic E-state index is 0.504. The smallest absolute Gasteiger partial charge is 0.0326 e. The maximum atomic E-state index is 2.48. The monoisotopic (exact) mass is 224 g/mol. The zero-order valence-corrected chi connectivity index (χ0v) is 12.4. The van der Waals surface area contributed by atoms with Crippen molar-refractivity contribution in [3.05, 3.63) is 0 Å². The molecule has 0 aliphatic heterocycles. The normalized spacial score (nSPS) is 28.1. The van der Waals surface area contributed by atoms with Gasteiger partial charge in [-0.05, 0) is 35.5 Å². The molecule has 0 amide bonds. The molecule has 2 unspecified atom stereocenters. The van der Waals surface area contributed by atoms with Crippen molar-refractivity contribution >= 4 is 0 Å². The van der Waals surface area contributed by atoms with E-state index in [9.17, 15) is 0 Å². The highest BCUT2D eigenvalue weighted by atomic mass is 14.4. The second-order valence-corrected chi connectivity index (χ2v) is 7.76. The Morgan fingerprint density at radius 2 is 1.50 bits per heavy atom. The summed E-state index contributed by atoms with van der Waals surface area (Å²) in [6.07, 6.45) is 8.64. The van der Waals surface area contributed by atoms with Crippen LogP contribution in [0.2, 0.25) is 0 Å². The van der Waals surface area contributed by atoms with Crippen molar-refractivity contribution in [2.75, 3.05) is 0 Å². The Bertz CT molecular complexity index is 207. The molecule has 1 fully saturated rings. The number of hydrogen-bond acceptors (Lipinski definition) is 0. The van der Waals surface area contributed by atoms with Gasteiger partial charge in [-0.25, -0.2) is 0 Å². The zero-order valence-electron chi connectivity index (χ0n) is 12.4. The first kappa shape index (κ1) is 14.1. The summed E-state index contributed by atoms with van der Waals surface area (Å²) >= 11 is 0. The number of hydrogen-bond donors (Lipinski definition) is 0. The van der Waals surface area contributed by atoms with Gasteiger partial charge in [-0.15, -0.1) is 0 Å². The van der Waals surface area contributed by atoms with Crippen LogP contribution in [0.1, 0.15) is 80.1 Å². The third-order valence-corrected chi connectivity index (χ3v) is 4.70. The topological polar surface area (TPSA) is 0 Å². The average Bonchev–Trinajstić information content (AvgIpc) is 2.16. The van der Waals surface area contributed by atoms with Gasteiger partial charge in [0.15, 0.2) is 0 Å². The van der Waals surface area contributed by atoms with Crippen molar-refractivity contribution in [1.82, 2.24) is 0 Å². The molecule has 0 aromatic heterocycles. The fourth-order valence-electron chi connectivity index (χ4n) is 3.53. The highest BCUT2D eigenvalue weighted by Gasteiger charge is 2.37. The third kappa shape index (κ3) is 3.79. The Balaban J connectivity index is 2.71. The molecule has 96 valence electrons. The van der Waals surface area contributed by atoms with E-state index < -0.39 is 0 Å². The molecule has 16 heavy (non-hydrogen) atoms. The van der Waals surface area contributed by atoms with E-state index >= 15 is 0 Å². The van der Waals surface area contributed by atoms with Crippen LogP contribution in [0.5, 0.6) is 0 Å². The van der Waals surface area contributed by atoms with Gasteiger partial charge in [-0.2, -0.15) is 0 Å². The van der Waals surface area contributed by atoms with Crippen LogP contribution in [0.4, 0.5) is 0 Å². The third-order valence-electron chi connectivity index (χ3n) is 4.70. The lowest BCUT2D eigenvalue weighted by atomic mass is 9.61. The van der Waals surface area contributed by atoms with E-state index in [4.69, 9.17) is 0 Å². The molecule has 1 aliphatic carbocycles. The van der Waals surface area contributed by atoms with Crippen LogP contribution in [0.15, 0.2) is 0 Å². The lowest BCUT2D eigenvalue weighted by Crippen LogP contribution is -2.34. The molecule has 2 atom stereocenters. The van der Waals surface area contributed by atoms with Gasteiger partial charge < -0.3 is 0 Å². The summed E-state index contributed by atoms with van der Waals surface area (Å²) in [5.74, 6) is 1.94. The van der Waals surface area contributed by atoms with Crippen LogP contribution in [0.25, 0.3) is 0 Å². The fraction of sp³-hybridized carbons (Fsp3) is 1.00. The SMILES string of the molecule is CCC(C)(C)C1CCCCC1CC(C)(C)C. The van der Waals surface area contributed by atoms with Crippen LogP contribution in [0, 0.1) is 22.7 Å². The van der Waals surface area contributed by atoms with Gasteiger partial charge in [0.2, 0.25) is 0 Å². The summed E-state index contributed by atoms with van der Waals surface area (Å²) in [4.78, 5) is 0. The molecule has 0 radical (unpaired) electrons. The maximum absolute atomic E-state index is 2.48. The summed E-state index contributed by atoms with van der Waals surface area (Å²) in [6, 6.07) is 0. The van der Waals surface area contributed by atoms with Gasteiger partial charge in [0.1, 0.15) is 0 Å². The maximum Gasteiger partial charge on any atom is -0.0326 e. The van der Waals surface area contributed by atoms with E-state index in [1.54, 1.807) is 0 Å². The van der Waals surface area contributed by atoms with Crippen molar-refractivity contribution in [2.24, 2.45) is 22.7 Å². The Morgan fingerprint density at radius 1 is 0.938 bits per heavy atom. The quantitative estimate of drug-likeness (QED) is 0.580. The summed E-state index contributed by atoms with van der Waals surface area (Å²) in [6.45, 7) is 14.5. The fourth-order valence-corrected chi connectivity index (χ4v) is 3.53. The standard InChI is InChI=1S/C16H32/c1-7-16(5,6)14-11-9-8-10-13(14)12-15(2,3)4/h13-14H,7-12H2,1-6H3. The predicted molar refractivity (Wildman–Crippen MR) is 73.6 cm³/mol. The van der Waals surface area contributed by atoms with E-state index in [0.717, 1.165) is 11.8 Å². The average molecular weight is 224 g/mol. The second-order valence-electron chi connectivity index (χ2n) is 7.76. The van der Waals surface area contributed by atoms with Crippen molar-refractivity contribution in [3.63, 3.8) is 0 Å². The largest absolute Gasteiger partial charge is 0.0649 e. The van der Waals surface area contributed by atoms with Crippen molar-refractivity contribution in [2.45, 2.75) is 80.1 Å². The van der Waals surface area contributed by atoms with Crippen molar-refractivity contribution in [1.29, 1.82) is 0 Å². The summed E-state index contributed by atoms with van der Waals surface area (Å²) in [7, 11) is 0. The first-order valence-corrected chi connectivity index (χ1v) is 7.26. The first-order chi connectivity index (χ1) is 7.26. The molecule has 0 nitrogen and oxygen atoms in total. The van der Waals surface area contributed by atoms with Crippen molar-refractivity contribution in [3.8, 4) is 0 Å². The molecule has 0 heteroatoms. The predicted octanol–water partition coefficient (Wildman–Crippen LogP) is 5.67. The lowest BCUT2D eigenvalue weighted by Gasteiger charge is -2.44. The molecule has 0 bridgehead atoms. The molecule has 0 heterocycles. The molecular weight excluding hydrogens is 192 g/mol. The Kier molecular flexibility index (Phi) is 4.49. The molecule has 0 N–H and O–H groups in total. The molecule has 0 saturated heterocycles. The Labute approximate surface area is 103 Å². The van der Waals surface area contributed by atoms with Gasteiger partial charge >= 0.3 is 0 Å². The Morgan fingerprint density at radius 3 is 2.00 bits per heavy atom. The van der Waals surface area contributed by atoms with Crippen LogP contribution >= 0.6 is 0 Å². The highest BCUT2D eigenvalue weighted by molar-refractivity contribution is 4.87. The Hall–Kier alpha value is 0. The van der Waals surface area contributed by atoms with E-state index in [1.165, 1.54) is 38.5 Å². The van der Waals surface area contributed by atoms with Crippen LogP contribution in [-0.2, 0) is 0 Å². The van der Waals surface area contributed by atoms with Crippen LogP contribution < -0.4 is 0 Å². The van der Waals surface area contributed by atoms with E-state index in [-0.39, 0.29) is 0 Å². The van der Waals surface area contributed by atoms with Crippen LogP contribution in [0.3, 0.4) is 0 Å². The second kappa shape index (κ2) is 5.10. The van der Waals surface area contributed by atoms with Crippen LogP contribution in [-0.4, -0.2) is 0 Å². The van der Waals surface area contributed by atoms with Gasteiger partial charge in [0, 0.05) is 0 Å². The molecule has 0 aromatic rings. The highest BCUT2D eigenvalue weighted by Crippen LogP contribution is 2.47.